The van der Waals surface area contributed by atoms with E-state index >= 15 is 0 Å². The molecule has 3 N–H and O–H groups in total. The van der Waals surface area contributed by atoms with Crippen molar-refractivity contribution in [3.63, 3.8) is 0 Å². The number of carbonyl (C=O) groups is 2. The Morgan fingerprint density at radius 3 is 2.77 bits per heavy atom. The van der Waals surface area contributed by atoms with Gasteiger partial charge in [-0.1, -0.05) is 30.3 Å². The third kappa shape index (κ3) is 3.81. The SMILES string of the molecule is COC(=O)c1c(NC(=O)c2sc3nc4c(cc3c2N)CC(c2ccccc2)CC4)sc2c1CCC2. The van der Waals surface area contributed by atoms with Crippen molar-refractivity contribution in [3.8, 4) is 0 Å². The van der Waals surface area contributed by atoms with Gasteiger partial charge in [0.2, 0.25) is 0 Å². The summed E-state index contributed by atoms with van der Waals surface area (Å²) >= 11 is 2.77. The summed E-state index contributed by atoms with van der Waals surface area (Å²) in [6, 6.07) is 12.7. The van der Waals surface area contributed by atoms with Gasteiger partial charge >= 0.3 is 5.97 Å². The predicted molar refractivity (Wildman–Crippen MR) is 141 cm³/mol. The molecule has 6 nitrogen and oxygen atoms in total. The quantitative estimate of drug-likeness (QED) is 0.346. The molecule has 0 saturated heterocycles. The fourth-order valence-corrected chi connectivity index (χ4v) is 7.60. The molecule has 0 bridgehead atoms. The molecule has 6 rings (SSSR count). The van der Waals surface area contributed by atoms with E-state index in [1.165, 1.54) is 40.9 Å². The average molecular weight is 504 g/mol. The van der Waals surface area contributed by atoms with E-state index in [1.54, 1.807) is 0 Å². The van der Waals surface area contributed by atoms with Crippen LogP contribution in [0.3, 0.4) is 0 Å². The van der Waals surface area contributed by atoms with Crippen LogP contribution in [0.1, 0.15) is 66.1 Å². The number of thiophene rings is 2. The molecule has 0 fully saturated rings. The number of hydrogen-bond acceptors (Lipinski definition) is 7. The van der Waals surface area contributed by atoms with Crippen molar-refractivity contribution in [1.29, 1.82) is 0 Å². The van der Waals surface area contributed by atoms with Gasteiger partial charge in [0.05, 0.1) is 18.4 Å². The molecular formula is C27H25N3O3S2. The van der Waals surface area contributed by atoms with Crippen LogP contribution in [0, 0.1) is 0 Å². The van der Waals surface area contributed by atoms with Gasteiger partial charge in [0.1, 0.15) is 14.7 Å². The lowest BCUT2D eigenvalue weighted by Gasteiger charge is -2.24. The Morgan fingerprint density at radius 1 is 1.14 bits per heavy atom. The van der Waals surface area contributed by atoms with E-state index in [-0.39, 0.29) is 5.91 Å². The van der Waals surface area contributed by atoms with E-state index < -0.39 is 5.97 Å². The minimum atomic E-state index is -0.411. The molecule has 1 atom stereocenters. The van der Waals surface area contributed by atoms with Crippen molar-refractivity contribution in [2.45, 2.75) is 44.4 Å². The summed E-state index contributed by atoms with van der Waals surface area (Å²) in [6.45, 7) is 0. The number of aryl methyl sites for hydroxylation is 2. The van der Waals surface area contributed by atoms with E-state index in [0.717, 1.165) is 64.9 Å². The monoisotopic (exact) mass is 503 g/mol. The highest BCUT2D eigenvalue weighted by Gasteiger charge is 2.30. The first kappa shape index (κ1) is 22.2. The van der Waals surface area contributed by atoms with Crippen LogP contribution in [0.4, 0.5) is 10.7 Å². The number of nitrogens with one attached hydrogen (secondary N) is 1. The molecule has 3 heterocycles. The number of benzene rings is 1. The largest absolute Gasteiger partial charge is 0.465 e. The van der Waals surface area contributed by atoms with Crippen LogP contribution >= 0.6 is 22.7 Å². The van der Waals surface area contributed by atoms with Gasteiger partial charge < -0.3 is 15.8 Å². The first-order valence-electron chi connectivity index (χ1n) is 11.8. The molecule has 0 radical (unpaired) electrons. The summed E-state index contributed by atoms with van der Waals surface area (Å²) in [7, 11) is 1.37. The number of amides is 1. The van der Waals surface area contributed by atoms with Crippen LogP contribution in [0.5, 0.6) is 0 Å². The molecule has 8 heteroatoms. The molecule has 0 spiro atoms. The highest BCUT2D eigenvalue weighted by Crippen LogP contribution is 2.42. The molecule has 178 valence electrons. The number of hydrogen-bond donors (Lipinski definition) is 2. The number of methoxy groups -OCH3 is 1. The van der Waals surface area contributed by atoms with Gasteiger partial charge in [0.15, 0.2) is 0 Å². The number of nitrogens with two attached hydrogens (primary N) is 1. The number of pyridine rings is 1. The summed E-state index contributed by atoms with van der Waals surface area (Å²) < 4.78 is 5.00. The number of aromatic nitrogens is 1. The van der Waals surface area contributed by atoms with E-state index in [9.17, 15) is 9.59 Å². The second-order valence-electron chi connectivity index (χ2n) is 9.15. The molecule has 35 heavy (non-hydrogen) atoms. The smallest absolute Gasteiger partial charge is 0.341 e. The lowest BCUT2D eigenvalue weighted by atomic mass is 9.82. The molecular weight excluding hydrogens is 478 g/mol. The van der Waals surface area contributed by atoms with E-state index in [1.807, 2.05) is 6.07 Å². The van der Waals surface area contributed by atoms with Gasteiger partial charge in [0.25, 0.3) is 5.91 Å². The fourth-order valence-electron chi connectivity index (χ4n) is 5.34. The Labute approximate surface area is 211 Å². The Bertz CT molecular complexity index is 1470. The van der Waals surface area contributed by atoms with Crippen LogP contribution in [-0.4, -0.2) is 24.0 Å². The number of anilines is 2. The summed E-state index contributed by atoms with van der Waals surface area (Å²) in [6.07, 6.45) is 5.66. The number of ether oxygens (including phenoxy) is 1. The van der Waals surface area contributed by atoms with Crippen molar-refractivity contribution in [2.75, 3.05) is 18.2 Å². The second-order valence-corrected chi connectivity index (χ2v) is 11.3. The molecule has 1 unspecified atom stereocenters. The Morgan fingerprint density at radius 2 is 1.97 bits per heavy atom. The van der Waals surface area contributed by atoms with Crippen molar-refractivity contribution in [1.82, 2.24) is 4.98 Å². The molecule has 1 amide bonds. The normalized spacial score (nSPS) is 16.7. The highest BCUT2D eigenvalue weighted by molar-refractivity contribution is 7.21. The second kappa shape index (κ2) is 8.77. The first-order chi connectivity index (χ1) is 17.0. The maximum atomic E-state index is 13.3. The van der Waals surface area contributed by atoms with Gasteiger partial charge in [-0.15, -0.1) is 22.7 Å². The maximum absolute atomic E-state index is 13.3. The van der Waals surface area contributed by atoms with Crippen LogP contribution in [0.15, 0.2) is 36.4 Å². The first-order valence-corrected chi connectivity index (χ1v) is 13.5. The zero-order valence-corrected chi connectivity index (χ0v) is 21.0. The van der Waals surface area contributed by atoms with E-state index in [4.69, 9.17) is 15.5 Å². The fraction of sp³-hybridized carbons (Fsp3) is 0.296. The summed E-state index contributed by atoms with van der Waals surface area (Å²) in [5.41, 5.74) is 12.1. The third-order valence-corrected chi connectivity index (χ3v) is 9.42. The summed E-state index contributed by atoms with van der Waals surface area (Å²) in [4.78, 5) is 33.0. The van der Waals surface area contributed by atoms with Gasteiger partial charge in [-0.05, 0) is 67.2 Å². The molecule has 0 aliphatic heterocycles. The van der Waals surface area contributed by atoms with Gasteiger partial charge in [-0.3, -0.25) is 4.79 Å². The van der Waals surface area contributed by atoms with Crippen LogP contribution in [0.25, 0.3) is 10.2 Å². The third-order valence-electron chi connectivity index (χ3n) is 7.10. The van der Waals surface area contributed by atoms with E-state index in [2.05, 4.69) is 35.6 Å². The lowest BCUT2D eigenvalue weighted by molar-refractivity contribution is 0.0601. The highest BCUT2D eigenvalue weighted by atomic mass is 32.1. The number of esters is 1. The van der Waals surface area contributed by atoms with Crippen molar-refractivity contribution < 1.29 is 14.3 Å². The number of nitrogen functional groups attached to an aromatic ring is 1. The maximum Gasteiger partial charge on any atom is 0.341 e. The van der Waals surface area contributed by atoms with Crippen molar-refractivity contribution >= 4 is 55.5 Å². The van der Waals surface area contributed by atoms with Crippen LogP contribution < -0.4 is 11.1 Å². The number of fused-ring (bicyclic) bond motifs is 3. The molecule has 3 aromatic heterocycles. The zero-order valence-electron chi connectivity index (χ0n) is 19.3. The molecule has 4 aromatic rings. The van der Waals surface area contributed by atoms with Crippen LogP contribution in [0.2, 0.25) is 0 Å². The summed E-state index contributed by atoms with van der Waals surface area (Å²) in [5.74, 6) is -0.259. The van der Waals surface area contributed by atoms with Crippen molar-refractivity contribution in [3.05, 3.63) is 74.1 Å². The molecule has 0 saturated carbocycles. The minimum absolute atomic E-state index is 0.310. The Hall–Kier alpha value is -3.23. The lowest BCUT2D eigenvalue weighted by Crippen LogP contribution is -2.14. The summed E-state index contributed by atoms with van der Waals surface area (Å²) in [5, 5.41) is 4.32. The van der Waals surface area contributed by atoms with Crippen LogP contribution in [-0.2, 0) is 30.4 Å². The average Bonchev–Trinajstić information content (AvgIpc) is 3.55. The standard InChI is InChI=1S/C27H25N3O3S2/c1-33-27(32)21-17-8-5-9-20(17)34-26(21)30-24(31)23-22(28)18-13-16-12-15(14-6-3-2-4-7-14)10-11-19(16)29-25(18)35-23/h2-4,6-7,13,15H,5,8-12,28H2,1H3,(H,30,31). The van der Waals surface area contributed by atoms with E-state index in [0.29, 0.717) is 27.0 Å². The Kier molecular flexibility index (Phi) is 5.57. The van der Waals surface area contributed by atoms with Gasteiger partial charge in [0, 0.05) is 16.0 Å². The number of nitrogens with zero attached hydrogens (tertiary/aromatic N) is 1. The minimum Gasteiger partial charge on any atom is -0.465 e. The van der Waals surface area contributed by atoms with Gasteiger partial charge in [-0.25, -0.2) is 9.78 Å². The topological polar surface area (TPSA) is 94.3 Å². The molecule has 1 aromatic carbocycles. The zero-order chi connectivity index (χ0) is 24.1. The number of carbonyl (C=O) groups excluding carboxylic acids is 2. The Balaban J connectivity index is 1.31. The molecule has 2 aliphatic carbocycles. The predicted octanol–water partition coefficient (Wildman–Crippen LogP) is 5.74. The number of rotatable bonds is 4. The van der Waals surface area contributed by atoms with Crippen molar-refractivity contribution in [2.24, 2.45) is 0 Å². The molecule has 2 aliphatic rings. The van der Waals surface area contributed by atoms with Gasteiger partial charge in [-0.2, -0.15) is 0 Å².